The Morgan fingerprint density at radius 1 is 1.24 bits per heavy atom. The van der Waals surface area contributed by atoms with E-state index in [9.17, 15) is 12.8 Å². The van der Waals surface area contributed by atoms with E-state index in [1.165, 1.54) is 16.4 Å². The third kappa shape index (κ3) is 3.72. The van der Waals surface area contributed by atoms with Gasteiger partial charge in [-0.3, -0.25) is 0 Å². The van der Waals surface area contributed by atoms with Crippen molar-refractivity contribution >= 4 is 15.7 Å². The van der Waals surface area contributed by atoms with Gasteiger partial charge in [0.25, 0.3) is 0 Å². The number of halogens is 1. The highest BCUT2D eigenvalue weighted by molar-refractivity contribution is 7.89. The van der Waals surface area contributed by atoms with Gasteiger partial charge in [-0.1, -0.05) is 13.8 Å². The van der Waals surface area contributed by atoms with E-state index in [4.69, 9.17) is 5.73 Å². The van der Waals surface area contributed by atoms with Gasteiger partial charge in [-0.05, 0) is 24.1 Å². The number of nitrogens with zero attached hydrogens (tertiary/aromatic N) is 2. The van der Waals surface area contributed by atoms with Crippen LogP contribution in [0.4, 0.5) is 10.1 Å². The molecule has 118 valence electrons. The molecule has 2 N–H and O–H groups in total. The molecule has 0 amide bonds. The van der Waals surface area contributed by atoms with Crippen molar-refractivity contribution in [3.8, 4) is 0 Å². The van der Waals surface area contributed by atoms with Crippen molar-refractivity contribution in [2.75, 3.05) is 38.5 Å². The number of nitrogens with two attached hydrogens (primary N) is 1. The van der Waals surface area contributed by atoms with Gasteiger partial charge in [0, 0.05) is 32.7 Å². The van der Waals surface area contributed by atoms with Gasteiger partial charge in [0.2, 0.25) is 10.0 Å². The van der Waals surface area contributed by atoms with Crippen LogP contribution >= 0.6 is 0 Å². The maximum Gasteiger partial charge on any atom is 0.243 e. The molecule has 0 spiro atoms. The van der Waals surface area contributed by atoms with E-state index in [2.05, 4.69) is 18.7 Å². The monoisotopic (exact) mass is 315 g/mol. The number of hydrogen-bond donors (Lipinski definition) is 1. The van der Waals surface area contributed by atoms with Crippen LogP contribution in [0.5, 0.6) is 0 Å². The van der Waals surface area contributed by atoms with Crippen LogP contribution in [0.25, 0.3) is 0 Å². The molecular formula is C14H22FN3O2S. The van der Waals surface area contributed by atoms with Gasteiger partial charge >= 0.3 is 0 Å². The van der Waals surface area contributed by atoms with Gasteiger partial charge in [-0.2, -0.15) is 4.31 Å². The average Bonchev–Trinajstić information content (AvgIpc) is 2.41. The van der Waals surface area contributed by atoms with Crippen molar-refractivity contribution in [3.05, 3.63) is 24.0 Å². The normalized spacial score (nSPS) is 18.3. The number of benzene rings is 1. The fraction of sp³-hybridized carbons (Fsp3) is 0.571. The summed E-state index contributed by atoms with van der Waals surface area (Å²) >= 11 is 0. The number of rotatable bonds is 4. The highest BCUT2D eigenvalue weighted by Gasteiger charge is 2.29. The second kappa shape index (κ2) is 6.29. The first-order valence-electron chi connectivity index (χ1n) is 7.08. The third-order valence-corrected chi connectivity index (χ3v) is 5.46. The number of hydrogen-bond acceptors (Lipinski definition) is 4. The maximum absolute atomic E-state index is 13.5. The number of piperazine rings is 1. The molecule has 7 heteroatoms. The van der Waals surface area contributed by atoms with Gasteiger partial charge < -0.3 is 10.6 Å². The molecule has 5 nitrogen and oxygen atoms in total. The summed E-state index contributed by atoms with van der Waals surface area (Å²) in [7, 11) is -3.64. The zero-order valence-corrected chi connectivity index (χ0v) is 13.2. The second-order valence-electron chi connectivity index (χ2n) is 5.78. The van der Waals surface area contributed by atoms with E-state index >= 15 is 0 Å². The minimum Gasteiger partial charge on any atom is -0.396 e. The summed E-state index contributed by atoms with van der Waals surface area (Å²) in [5.41, 5.74) is 5.34. The van der Waals surface area contributed by atoms with E-state index in [1.54, 1.807) is 0 Å². The number of anilines is 1. The van der Waals surface area contributed by atoms with Crippen molar-refractivity contribution in [2.24, 2.45) is 5.92 Å². The Bertz CT molecular complexity index is 596. The van der Waals surface area contributed by atoms with E-state index in [0.717, 1.165) is 12.6 Å². The van der Waals surface area contributed by atoms with Crippen LogP contribution in [0.15, 0.2) is 23.1 Å². The van der Waals surface area contributed by atoms with Crippen molar-refractivity contribution < 1.29 is 12.8 Å². The van der Waals surface area contributed by atoms with Gasteiger partial charge in [0.1, 0.15) is 5.82 Å². The van der Waals surface area contributed by atoms with Gasteiger partial charge in [0.15, 0.2) is 0 Å². The number of sulfonamides is 1. The lowest BCUT2D eigenvalue weighted by atomic mass is 10.2. The highest BCUT2D eigenvalue weighted by atomic mass is 32.2. The van der Waals surface area contributed by atoms with E-state index in [-0.39, 0.29) is 10.6 Å². The van der Waals surface area contributed by atoms with Gasteiger partial charge in [0.05, 0.1) is 10.6 Å². The molecule has 0 aromatic heterocycles. The Hall–Kier alpha value is -1.18. The van der Waals surface area contributed by atoms with Crippen LogP contribution in [0, 0.1) is 11.7 Å². The van der Waals surface area contributed by atoms with Crippen LogP contribution in [0.1, 0.15) is 13.8 Å². The molecule has 0 aliphatic carbocycles. The van der Waals surface area contributed by atoms with Crippen molar-refractivity contribution in [1.29, 1.82) is 0 Å². The lowest BCUT2D eigenvalue weighted by molar-refractivity contribution is 0.172. The molecule has 0 unspecified atom stereocenters. The predicted molar refractivity (Wildman–Crippen MR) is 80.8 cm³/mol. The molecule has 1 heterocycles. The molecule has 0 bridgehead atoms. The zero-order chi connectivity index (χ0) is 15.6. The molecule has 0 atom stereocenters. The lowest BCUT2D eigenvalue weighted by Gasteiger charge is -2.34. The minimum atomic E-state index is -3.64. The fourth-order valence-electron chi connectivity index (χ4n) is 2.49. The van der Waals surface area contributed by atoms with E-state index in [0.29, 0.717) is 32.1 Å². The Morgan fingerprint density at radius 2 is 1.86 bits per heavy atom. The SMILES string of the molecule is CC(C)CN1CCN(S(=O)(=O)c2ccc(N)c(F)c2)CC1. The van der Waals surface area contributed by atoms with Crippen LogP contribution in [0.3, 0.4) is 0 Å². The predicted octanol–water partition coefficient (Wildman–Crippen LogP) is 1.37. The highest BCUT2D eigenvalue weighted by Crippen LogP contribution is 2.21. The molecule has 1 aromatic carbocycles. The van der Waals surface area contributed by atoms with Gasteiger partial charge in [-0.15, -0.1) is 0 Å². The summed E-state index contributed by atoms with van der Waals surface area (Å²) in [5, 5.41) is 0. The lowest BCUT2D eigenvalue weighted by Crippen LogP contribution is -2.49. The fourth-order valence-corrected chi connectivity index (χ4v) is 3.92. The van der Waals surface area contributed by atoms with E-state index in [1.807, 2.05) is 0 Å². The molecule has 21 heavy (non-hydrogen) atoms. The Labute approximate surface area is 125 Å². The Kier molecular flexibility index (Phi) is 4.85. The number of nitrogen functional groups attached to an aromatic ring is 1. The minimum absolute atomic E-state index is 0.0356. The molecule has 1 aliphatic rings. The van der Waals surface area contributed by atoms with E-state index < -0.39 is 15.8 Å². The molecule has 2 rings (SSSR count). The molecule has 0 saturated carbocycles. The summed E-state index contributed by atoms with van der Waals surface area (Å²) in [6, 6.07) is 3.64. The molecule has 1 aliphatic heterocycles. The average molecular weight is 315 g/mol. The maximum atomic E-state index is 13.5. The van der Waals surface area contributed by atoms with Crippen molar-refractivity contribution in [2.45, 2.75) is 18.7 Å². The molecule has 1 aromatic rings. The molecular weight excluding hydrogens is 293 g/mol. The third-order valence-electron chi connectivity index (χ3n) is 3.56. The largest absolute Gasteiger partial charge is 0.396 e. The first-order chi connectivity index (χ1) is 9.80. The summed E-state index contributed by atoms with van der Waals surface area (Å²) < 4.78 is 39.8. The first-order valence-corrected chi connectivity index (χ1v) is 8.52. The van der Waals surface area contributed by atoms with Crippen LogP contribution < -0.4 is 5.73 Å². The van der Waals surface area contributed by atoms with Crippen molar-refractivity contribution in [3.63, 3.8) is 0 Å². The van der Waals surface area contributed by atoms with Crippen LogP contribution in [0.2, 0.25) is 0 Å². The smallest absolute Gasteiger partial charge is 0.243 e. The van der Waals surface area contributed by atoms with Crippen molar-refractivity contribution in [1.82, 2.24) is 9.21 Å². The summed E-state index contributed by atoms with van der Waals surface area (Å²) in [6.07, 6.45) is 0. The molecule has 1 fully saturated rings. The van der Waals surface area contributed by atoms with Crippen LogP contribution in [-0.2, 0) is 10.0 Å². The molecule has 1 saturated heterocycles. The quantitative estimate of drug-likeness (QED) is 0.852. The topological polar surface area (TPSA) is 66.6 Å². The summed E-state index contributed by atoms with van der Waals surface area (Å²) in [6.45, 7) is 7.51. The standard InChI is InChI=1S/C14H22FN3O2S/c1-11(2)10-17-5-7-18(8-6-17)21(19,20)12-3-4-14(16)13(15)9-12/h3-4,9,11H,5-8,10,16H2,1-2H3. The Morgan fingerprint density at radius 3 is 2.38 bits per heavy atom. The Balaban J connectivity index is 2.09. The first kappa shape index (κ1) is 16.2. The zero-order valence-electron chi connectivity index (χ0n) is 12.4. The van der Waals surface area contributed by atoms with Gasteiger partial charge in [-0.25, -0.2) is 12.8 Å². The summed E-state index contributed by atoms with van der Waals surface area (Å²) in [5.74, 6) is -0.145. The van der Waals surface area contributed by atoms with Crippen LogP contribution in [-0.4, -0.2) is 50.3 Å². The summed E-state index contributed by atoms with van der Waals surface area (Å²) in [4.78, 5) is 2.21. The second-order valence-corrected chi connectivity index (χ2v) is 7.72. The molecule has 0 radical (unpaired) electrons.